The highest BCUT2D eigenvalue weighted by Gasteiger charge is 2.30. The van der Waals surface area contributed by atoms with Crippen LogP contribution in [0.3, 0.4) is 0 Å². The number of benzene rings is 2. The van der Waals surface area contributed by atoms with Crippen LogP contribution < -0.4 is 20.3 Å². The predicted octanol–water partition coefficient (Wildman–Crippen LogP) is 2.87. The Morgan fingerprint density at radius 2 is 1.88 bits per heavy atom. The Kier molecular flexibility index (Phi) is 5.18. The van der Waals surface area contributed by atoms with E-state index in [4.69, 9.17) is 4.74 Å². The molecule has 130 valence electrons. The van der Waals surface area contributed by atoms with E-state index in [0.29, 0.717) is 30.9 Å². The summed E-state index contributed by atoms with van der Waals surface area (Å²) in [6.45, 7) is 1.05. The highest BCUT2D eigenvalue weighted by molar-refractivity contribution is 5.96. The number of rotatable bonds is 5. The van der Waals surface area contributed by atoms with Crippen molar-refractivity contribution in [3.05, 3.63) is 54.6 Å². The topological polar surface area (TPSA) is 70.7 Å². The molecule has 0 aliphatic carbocycles. The lowest BCUT2D eigenvalue weighted by Gasteiger charge is -2.17. The minimum atomic E-state index is -0.310. The number of nitrogens with zero attached hydrogens (tertiary/aromatic N) is 1. The highest BCUT2D eigenvalue weighted by Crippen LogP contribution is 2.25. The Morgan fingerprint density at radius 3 is 2.64 bits per heavy atom. The number of hydrogen-bond donors (Lipinski definition) is 2. The van der Waals surface area contributed by atoms with Gasteiger partial charge in [0.25, 0.3) is 0 Å². The van der Waals surface area contributed by atoms with Crippen molar-refractivity contribution in [3.63, 3.8) is 0 Å². The summed E-state index contributed by atoms with van der Waals surface area (Å²) < 4.78 is 5.21. The largest absolute Gasteiger partial charge is 0.495 e. The van der Waals surface area contributed by atoms with Crippen molar-refractivity contribution in [2.24, 2.45) is 5.92 Å². The van der Waals surface area contributed by atoms with Gasteiger partial charge < -0.3 is 20.3 Å². The molecule has 2 N–H and O–H groups in total. The molecule has 0 radical (unpaired) electrons. The van der Waals surface area contributed by atoms with Crippen LogP contribution in [0.4, 0.5) is 16.2 Å². The number of para-hydroxylation sites is 3. The van der Waals surface area contributed by atoms with Crippen molar-refractivity contribution in [1.29, 1.82) is 0 Å². The Hall–Kier alpha value is -3.02. The van der Waals surface area contributed by atoms with Crippen molar-refractivity contribution in [1.82, 2.24) is 5.32 Å². The van der Waals surface area contributed by atoms with Crippen LogP contribution in [-0.4, -0.2) is 32.1 Å². The van der Waals surface area contributed by atoms with E-state index in [1.54, 1.807) is 24.1 Å². The van der Waals surface area contributed by atoms with Crippen molar-refractivity contribution in [3.8, 4) is 5.75 Å². The van der Waals surface area contributed by atoms with E-state index >= 15 is 0 Å². The minimum Gasteiger partial charge on any atom is -0.495 e. The average molecular weight is 339 g/mol. The van der Waals surface area contributed by atoms with Gasteiger partial charge in [-0.2, -0.15) is 0 Å². The molecule has 3 rings (SSSR count). The quantitative estimate of drug-likeness (QED) is 0.880. The number of carbonyl (C=O) groups excluding carboxylic acids is 2. The molecular weight excluding hydrogens is 318 g/mol. The molecule has 6 heteroatoms. The van der Waals surface area contributed by atoms with Crippen LogP contribution in [0, 0.1) is 5.92 Å². The second-order valence-electron chi connectivity index (χ2n) is 5.95. The van der Waals surface area contributed by atoms with E-state index in [-0.39, 0.29) is 17.9 Å². The Balaban J connectivity index is 1.52. The first-order valence-electron chi connectivity index (χ1n) is 8.20. The first-order valence-corrected chi connectivity index (χ1v) is 8.20. The van der Waals surface area contributed by atoms with E-state index in [2.05, 4.69) is 10.6 Å². The van der Waals surface area contributed by atoms with Gasteiger partial charge in [-0.15, -0.1) is 0 Å². The molecule has 1 saturated heterocycles. The second kappa shape index (κ2) is 7.70. The number of amides is 3. The molecule has 1 aliphatic rings. The normalized spacial score (nSPS) is 16.6. The number of nitrogens with one attached hydrogen (secondary N) is 2. The van der Waals surface area contributed by atoms with Gasteiger partial charge in [0.2, 0.25) is 5.91 Å². The van der Waals surface area contributed by atoms with Crippen LogP contribution in [-0.2, 0) is 4.79 Å². The number of carbonyl (C=O) groups is 2. The van der Waals surface area contributed by atoms with Gasteiger partial charge in [-0.3, -0.25) is 4.79 Å². The smallest absolute Gasteiger partial charge is 0.319 e. The zero-order chi connectivity index (χ0) is 17.6. The summed E-state index contributed by atoms with van der Waals surface area (Å²) in [6, 6.07) is 16.5. The van der Waals surface area contributed by atoms with Gasteiger partial charge in [0, 0.05) is 31.1 Å². The summed E-state index contributed by atoms with van der Waals surface area (Å²) in [5, 5.41) is 5.60. The molecule has 0 spiro atoms. The number of urea groups is 1. The third-order valence-corrected chi connectivity index (χ3v) is 4.18. The van der Waals surface area contributed by atoms with Crippen LogP contribution in [0.25, 0.3) is 0 Å². The summed E-state index contributed by atoms with van der Waals surface area (Å²) in [4.78, 5) is 26.0. The molecule has 0 bridgehead atoms. The van der Waals surface area contributed by atoms with Gasteiger partial charge in [0.1, 0.15) is 5.75 Å². The zero-order valence-corrected chi connectivity index (χ0v) is 14.1. The summed E-state index contributed by atoms with van der Waals surface area (Å²) >= 11 is 0. The molecular formula is C19H21N3O3. The molecule has 2 aromatic carbocycles. The van der Waals surface area contributed by atoms with E-state index in [0.717, 1.165) is 5.69 Å². The molecule has 1 unspecified atom stereocenters. The molecule has 25 heavy (non-hydrogen) atoms. The molecule has 0 aromatic heterocycles. The van der Waals surface area contributed by atoms with Crippen LogP contribution in [0.2, 0.25) is 0 Å². The van der Waals surface area contributed by atoms with Crippen LogP contribution >= 0.6 is 0 Å². The number of hydrogen-bond acceptors (Lipinski definition) is 3. The maximum Gasteiger partial charge on any atom is 0.319 e. The number of ether oxygens (including phenoxy) is 1. The van der Waals surface area contributed by atoms with Gasteiger partial charge in [-0.25, -0.2) is 4.79 Å². The van der Waals surface area contributed by atoms with Gasteiger partial charge in [0.15, 0.2) is 0 Å². The second-order valence-corrected chi connectivity index (χ2v) is 5.95. The van der Waals surface area contributed by atoms with Crippen LogP contribution in [0.1, 0.15) is 6.42 Å². The van der Waals surface area contributed by atoms with Crippen molar-refractivity contribution in [2.45, 2.75) is 6.42 Å². The highest BCUT2D eigenvalue weighted by atomic mass is 16.5. The predicted molar refractivity (Wildman–Crippen MR) is 96.9 cm³/mol. The number of anilines is 2. The van der Waals surface area contributed by atoms with Crippen molar-refractivity contribution < 1.29 is 14.3 Å². The molecule has 6 nitrogen and oxygen atoms in total. The third-order valence-electron chi connectivity index (χ3n) is 4.18. The standard InChI is InChI=1S/C19H21N3O3/c1-25-17-10-6-5-9-16(17)21-19(24)20-12-14-11-18(23)22(13-14)15-7-3-2-4-8-15/h2-10,14H,11-13H2,1H3,(H2,20,21,24). The van der Waals surface area contributed by atoms with Crippen molar-refractivity contribution in [2.75, 3.05) is 30.4 Å². The molecule has 3 amide bonds. The Labute approximate surface area is 146 Å². The van der Waals surface area contributed by atoms with E-state index in [9.17, 15) is 9.59 Å². The molecule has 1 atom stereocenters. The molecule has 1 aliphatic heterocycles. The summed E-state index contributed by atoms with van der Waals surface area (Å²) in [7, 11) is 1.56. The Morgan fingerprint density at radius 1 is 1.16 bits per heavy atom. The average Bonchev–Trinajstić information content (AvgIpc) is 3.02. The fourth-order valence-electron chi connectivity index (χ4n) is 2.93. The van der Waals surface area contributed by atoms with Crippen molar-refractivity contribution >= 4 is 23.3 Å². The van der Waals surface area contributed by atoms with Crippen LogP contribution in [0.15, 0.2) is 54.6 Å². The lowest BCUT2D eigenvalue weighted by molar-refractivity contribution is -0.117. The molecule has 1 fully saturated rings. The van der Waals surface area contributed by atoms with Crippen LogP contribution in [0.5, 0.6) is 5.75 Å². The maximum atomic E-state index is 12.2. The van der Waals surface area contributed by atoms with Gasteiger partial charge >= 0.3 is 6.03 Å². The van der Waals surface area contributed by atoms with Gasteiger partial charge in [-0.05, 0) is 24.3 Å². The zero-order valence-electron chi connectivity index (χ0n) is 14.1. The maximum absolute atomic E-state index is 12.2. The molecule has 1 heterocycles. The number of methoxy groups -OCH3 is 1. The third kappa shape index (κ3) is 4.09. The first kappa shape index (κ1) is 16.8. The minimum absolute atomic E-state index is 0.0862. The molecule has 2 aromatic rings. The fourth-order valence-corrected chi connectivity index (χ4v) is 2.93. The lowest BCUT2D eigenvalue weighted by atomic mass is 10.1. The summed E-state index contributed by atoms with van der Waals surface area (Å²) in [5.74, 6) is 0.781. The van der Waals surface area contributed by atoms with E-state index in [1.807, 2.05) is 42.5 Å². The molecule has 0 saturated carbocycles. The van der Waals surface area contributed by atoms with Gasteiger partial charge in [-0.1, -0.05) is 30.3 Å². The summed E-state index contributed by atoms with van der Waals surface area (Å²) in [6.07, 6.45) is 0.434. The Bertz CT molecular complexity index is 749. The SMILES string of the molecule is COc1ccccc1NC(=O)NCC1CC(=O)N(c2ccccc2)C1. The van der Waals surface area contributed by atoms with E-state index < -0.39 is 0 Å². The van der Waals surface area contributed by atoms with E-state index in [1.165, 1.54) is 0 Å². The summed E-state index contributed by atoms with van der Waals surface area (Å²) in [5.41, 5.74) is 1.50. The van der Waals surface area contributed by atoms with Gasteiger partial charge in [0.05, 0.1) is 12.8 Å². The first-order chi connectivity index (χ1) is 12.2. The lowest BCUT2D eigenvalue weighted by Crippen LogP contribution is -2.34. The monoisotopic (exact) mass is 339 g/mol. The fraction of sp³-hybridized carbons (Fsp3) is 0.263.